The van der Waals surface area contributed by atoms with Crippen LogP contribution in [-0.2, 0) is 16.1 Å². The second-order valence-electron chi connectivity index (χ2n) is 6.07. The number of thioether (sulfide) groups is 1. The van der Waals surface area contributed by atoms with Crippen LogP contribution in [0.1, 0.15) is 29.8 Å². The number of rotatable bonds is 6. The van der Waals surface area contributed by atoms with Crippen LogP contribution < -0.4 is 5.32 Å². The van der Waals surface area contributed by atoms with Crippen LogP contribution in [0.4, 0.5) is 4.39 Å². The molecule has 3 rings (SSSR count). The number of carbonyl (C=O) groups excluding carboxylic acids is 2. The van der Waals surface area contributed by atoms with Crippen LogP contribution >= 0.6 is 11.8 Å². The first-order chi connectivity index (χ1) is 12.6. The third-order valence-electron chi connectivity index (χ3n) is 4.21. The number of nitrogens with one attached hydrogen (secondary N) is 1. The largest absolute Gasteiger partial charge is 0.352 e. The molecule has 1 aromatic heterocycles. The molecule has 7 heteroatoms. The zero-order valence-electron chi connectivity index (χ0n) is 14.4. The highest BCUT2D eigenvalue weighted by molar-refractivity contribution is 8.01. The third kappa shape index (κ3) is 4.22. The van der Waals surface area contributed by atoms with Crippen molar-refractivity contribution in [3.63, 3.8) is 0 Å². The number of hydrogen-bond donors (Lipinski definition) is 1. The summed E-state index contributed by atoms with van der Waals surface area (Å²) in [5.74, 6) is -0.556. The summed E-state index contributed by atoms with van der Waals surface area (Å²) < 4.78 is 14.1. The molecular weight excluding hydrogens is 353 g/mol. The monoisotopic (exact) mass is 373 g/mol. The zero-order chi connectivity index (χ0) is 18.5. The van der Waals surface area contributed by atoms with Gasteiger partial charge in [0.15, 0.2) is 0 Å². The Balaban J connectivity index is 1.60. The fourth-order valence-corrected chi connectivity index (χ4v) is 4.16. The number of aromatic nitrogens is 1. The van der Waals surface area contributed by atoms with Crippen LogP contribution in [0.2, 0.25) is 0 Å². The second kappa shape index (κ2) is 8.31. The van der Waals surface area contributed by atoms with Gasteiger partial charge < -0.3 is 10.2 Å². The molecule has 0 radical (unpaired) electrons. The molecule has 0 spiro atoms. The molecule has 5 nitrogen and oxygen atoms in total. The van der Waals surface area contributed by atoms with Crippen molar-refractivity contribution < 1.29 is 14.0 Å². The van der Waals surface area contributed by atoms with Gasteiger partial charge in [-0.05, 0) is 24.6 Å². The summed E-state index contributed by atoms with van der Waals surface area (Å²) in [6, 6.07) is 10.1. The van der Waals surface area contributed by atoms with Gasteiger partial charge in [-0.2, -0.15) is 0 Å². The Morgan fingerprint density at radius 1 is 1.31 bits per heavy atom. The zero-order valence-corrected chi connectivity index (χ0v) is 15.2. The first-order valence-electron chi connectivity index (χ1n) is 8.42. The molecule has 1 aliphatic rings. The Morgan fingerprint density at radius 2 is 2.12 bits per heavy atom. The molecule has 2 unspecified atom stereocenters. The minimum absolute atomic E-state index is 0.0664. The van der Waals surface area contributed by atoms with Crippen molar-refractivity contribution in [2.45, 2.75) is 30.5 Å². The van der Waals surface area contributed by atoms with E-state index in [0.29, 0.717) is 12.1 Å². The topological polar surface area (TPSA) is 62.3 Å². The summed E-state index contributed by atoms with van der Waals surface area (Å²) in [6.07, 6.45) is 3.53. The van der Waals surface area contributed by atoms with Crippen LogP contribution in [0, 0.1) is 5.82 Å². The minimum atomic E-state index is -0.398. The van der Waals surface area contributed by atoms with Gasteiger partial charge in [-0.1, -0.05) is 24.3 Å². The van der Waals surface area contributed by atoms with Crippen molar-refractivity contribution in [2.75, 3.05) is 6.54 Å². The van der Waals surface area contributed by atoms with E-state index in [-0.39, 0.29) is 35.8 Å². The van der Waals surface area contributed by atoms with E-state index in [1.54, 1.807) is 35.5 Å². The number of hydrogen-bond acceptors (Lipinski definition) is 4. The Bertz CT molecular complexity index is 787. The predicted octanol–water partition coefficient (Wildman–Crippen LogP) is 2.89. The van der Waals surface area contributed by atoms with Crippen molar-refractivity contribution in [3.8, 4) is 0 Å². The van der Waals surface area contributed by atoms with Gasteiger partial charge in [-0.3, -0.25) is 14.6 Å². The summed E-state index contributed by atoms with van der Waals surface area (Å²) in [5, 5.41) is 2.17. The minimum Gasteiger partial charge on any atom is -0.352 e. The van der Waals surface area contributed by atoms with Crippen LogP contribution in [0.25, 0.3) is 0 Å². The molecule has 1 fully saturated rings. The van der Waals surface area contributed by atoms with Crippen molar-refractivity contribution in [1.82, 2.24) is 15.2 Å². The highest BCUT2D eigenvalue weighted by Gasteiger charge is 2.39. The quantitative estimate of drug-likeness (QED) is 0.846. The van der Waals surface area contributed by atoms with Crippen LogP contribution in [0.15, 0.2) is 48.8 Å². The van der Waals surface area contributed by atoms with Gasteiger partial charge in [0, 0.05) is 37.5 Å². The molecule has 2 aromatic rings. The molecule has 26 heavy (non-hydrogen) atoms. The van der Waals surface area contributed by atoms with E-state index in [1.807, 2.05) is 19.1 Å². The van der Waals surface area contributed by atoms with Gasteiger partial charge in [-0.25, -0.2) is 4.39 Å². The molecule has 0 aliphatic carbocycles. The highest BCUT2D eigenvalue weighted by atomic mass is 32.2. The molecule has 2 amide bonds. The van der Waals surface area contributed by atoms with Crippen molar-refractivity contribution in [3.05, 3.63) is 65.7 Å². The van der Waals surface area contributed by atoms with Gasteiger partial charge >= 0.3 is 0 Å². The number of pyridine rings is 1. The molecule has 2 atom stereocenters. The maximum atomic E-state index is 14.1. The number of carbonyl (C=O) groups is 2. The fraction of sp³-hybridized carbons (Fsp3) is 0.316. The number of halogens is 1. The van der Waals surface area contributed by atoms with Crippen molar-refractivity contribution in [2.24, 2.45) is 0 Å². The van der Waals surface area contributed by atoms with Crippen LogP contribution in [0.5, 0.6) is 0 Å². The van der Waals surface area contributed by atoms with Gasteiger partial charge in [0.2, 0.25) is 11.8 Å². The number of benzene rings is 1. The van der Waals surface area contributed by atoms with Crippen molar-refractivity contribution in [1.29, 1.82) is 0 Å². The van der Waals surface area contributed by atoms with Crippen LogP contribution in [-0.4, -0.2) is 33.5 Å². The Morgan fingerprint density at radius 3 is 2.85 bits per heavy atom. The predicted molar refractivity (Wildman–Crippen MR) is 98.6 cm³/mol. The highest BCUT2D eigenvalue weighted by Crippen LogP contribution is 2.43. The lowest BCUT2D eigenvalue weighted by atomic mass is 10.2. The summed E-state index contributed by atoms with van der Waals surface area (Å²) in [7, 11) is 0. The lowest BCUT2D eigenvalue weighted by Crippen LogP contribution is -2.34. The summed E-state index contributed by atoms with van der Waals surface area (Å²) >= 11 is 1.41. The van der Waals surface area contributed by atoms with E-state index >= 15 is 0 Å². The smallest absolute Gasteiger partial charge is 0.236 e. The molecule has 0 bridgehead atoms. The van der Waals surface area contributed by atoms with Crippen LogP contribution in [0.3, 0.4) is 0 Å². The lowest BCUT2D eigenvalue weighted by molar-refractivity contribution is -0.130. The first-order valence-corrected chi connectivity index (χ1v) is 9.36. The molecule has 2 heterocycles. The maximum absolute atomic E-state index is 14.1. The van der Waals surface area contributed by atoms with E-state index in [0.717, 1.165) is 5.56 Å². The molecule has 1 N–H and O–H groups in total. The maximum Gasteiger partial charge on any atom is 0.236 e. The number of amides is 2. The Kier molecular flexibility index (Phi) is 5.88. The molecule has 1 saturated heterocycles. The number of nitrogens with zero attached hydrogens (tertiary/aromatic N) is 2. The molecule has 1 aliphatic heterocycles. The molecule has 136 valence electrons. The van der Waals surface area contributed by atoms with E-state index in [1.165, 1.54) is 17.8 Å². The molecule has 0 saturated carbocycles. The SMILES string of the molecule is CC1SC(c2ccccc2F)N(CCC(=O)NCc2cccnc2)C1=O. The average molecular weight is 373 g/mol. The van der Waals surface area contributed by atoms with E-state index in [9.17, 15) is 14.0 Å². The third-order valence-corrected chi connectivity index (χ3v) is 5.59. The summed E-state index contributed by atoms with van der Waals surface area (Å²) in [5.41, 5.74) is 1.39. The Hall–Kier alpha value is -2.41. The summed E-state index contributed by atoms with van der Waals surface area (Å²) in [4.78, 5) is 30.1. The van der Waals surface area contributed by atoms with E-state index in [2.05, 4.69) is 10.3 Å². The first kappa shape index (κ1) is 18.4. The van der Waals surface area contributed by atoms with Gasteiger partial charge in [0.1, 0.15) is 11.2 Å². The Labute approximate surface area is 156 Å². The average Bonchev–Trinajstić information content (AvgIpc) is 2.94. The molecule has 1 aromatic carbocycles. The summed E-state index contributed by atoms with van der Waals surface area (Å²) in [6.45, 7) is 2.46. The van der Waals surface area contributed by atoms with Gasteiger partial charge in [0.25, 0.3) is 0 Å². The van der Waals surface area contributed by atoms with E-state index < -0.39 is 5.37 Å². The lowest BCUT2D eigenvalue weighted by Gasteiger charge is -2.24. The van der Waals surface area contributed by atoms with Gasteiger partial charge in [0.05, 0.1) is 5.25 Å². The normalized spacial score (nSPS) is 19.6. The second-order valence-corrected chi connectivity index (χ2v) is 7.50. The van der Waals surface area contributed by atoms with Gasteiger partial charge in [-0.15, -0.1) is 11.8 Å². The van der Waals surface area contributed by atoms with E-state index in [4.69, 9.17) is 0 Å². The standard InChI is InChI=1S/C19H20FN3O2S/c1-13-18(25)23(19(26-13)15-6-2-3-7-16(15)20)10-8-17(24)22-12-14-5-4-9-21-11-14/h2-7,9,11,13,19H,8,10,12H2,1H3,(H,22,24). The van der Waals surface area contributed by atoms with Crippen molar-refractivity contribution >= 4 is 23.6 Å². The molecular formula is C19H20FN3O2S. The fourth-order valence-electron chi connectivity index (χ4n) is 2.83.